The van der Waals surface area contributed by atoms with Crippen molar-refractivity contribution >= 4 is 11.7 Å². The van der Waals surface area contributed by atoms with Crippen LogP contribution in [0.1, 0.15) is 42.6 Å². The van der Waals surface area contributed by atoms with Gasteiger partial charge in [-0.3, -0.25) is 4.90 Å². The van der Waals surface area contributed by atoms with Crippen LogP contribution in [0.4, 0.5) is 5.69 Å². The van der Waals surface area contributed by atoms with E-state index in [2.05, 4.69) is 18.7 Å². The molecule has 1 fully saturated rings. The van der Waals surface area contributed by atoms with Crippen molar-refractivity contribution in [2.75, 3.05) is 19.4 Å². The number of ether oxygens (including phenoxy) is 1. The molecule has 4 heteroatoms. The Bertz CT molecular complexity index is 481. The lowest BCUT2D eigenvalue weighted by Gasteiger charge is -2.27. The zero-order chi connectivity index (χ0) is 14.7. The molecule has 0 unspecified atom stereocenters. The summed E-state index contributed by atoms with van der Waals surface area (Å²) in [5, 5.41) is 0. The monoisotopic (exact) mass is 276 g/mol. The standard InChI is InChI=1S/C16H24N2O2/c1-11(2)18(9-12-7-8-12)10-13-5-4-6-14(17)15(13)16(19)20-3/h4-6,11-12H,7-10,17H2,1-3H3. The fourth-order valence-corrected chi connectivity index (χ4v) is 2.41. The Kier molecular flexibility index (Phi) is 4.65. The Morgan fingerprint density at radius 1 is 1.45 bits per heavy atom. The van der Waals surface area contributed by atoms with E-state index >= 15 is 0 Å². The number of methoxy groups -OCH3 is 1. The fraction of sp³-hybridized carbons (Fsp3) is 0.562. The summed E-state index contributed by atoms with van der Waals surface area (Å²) in [6, 6.07) is 6.05. The first-order valence-corrected chi connectivity index (χ1v) is 7.22. The lowest BCUT2D eigenvalue weighted by Crippen LogP contribution is -2.33. The number of nitrogen functional groups attached to an aromatic ring is 1. The van der Waals surface area contributed by atoms with Gasteiger partial charge >= 0.3 is 5.97 Å². The van der Waals surface area contributed by atoms with Gasteiger partial charge in [0, 0.05) is 24.8 Å². The molecule has 0 heterocycles. The Hall–Kier alpha value is -1.55. The molecule has 0 aliphatic heterocycles. The highest BCUT2D eigenvalue weighted by molar-refractivity contribution is 5.96. The second kappa shape index (κ2) is 6.27. The smallest absolute Gasteiger partial charge is 0.340 e. The van der Waals surface area contributed by atoms with Gasteiger partial charge in [0.1, 0.15) is 0 Å². The van der Waals surface area contributed by atoms with Gasteiger partial charge in [-0.15, -0.1) is 0 Å². The van der Waals surface area contributed by atoms with Crippen LogP contribution in [0, 0.1) is 5.92 Å². The number of anilines is 1. The molecule has 1 aromatic carbocycles. The van der Waals surface area contributed by atoms with Crippen molar-refractivity contribution in [1.82, 2.24) is 4.90 Å². The van der Waals surface area contributed by atoms with E-state index in [0.717, 1.165) is 24.6 Å². The number of benzene rings is 1. The number of hydrogen-bond acceptors (Lipinski definition) is 4. The van der Waals surface area contributed by atoms with Gasteiger partial charge in [-0.1, -0.05) is 12.1 Å². The largest absolute Gasteiger partial charge is 0.465 e. The molecule has 1 saturated carbocycles. The minimum Gasteiger partial charge on any atom is -0.465 e. The predicted molar refractivity (Wildman–Crippen MR) is 80.5 cm³/mol. The Balaban J connectivity index is 2.21. The Labute approximate surface area is 120 Å². The van der Waals surface area contributed by atoms with Gasteiger partial charge in [-0.25, -0.2) is 4.79 Å². The minimum atomic E-state index is -0.353. The van der Waals surface area contributed by atoms with E-state index in [-0.39, 0.29) is 5.97 Å². The molecule has 1 aliphatic carbocycles. The van der Waals surface area contributed by atoms with Crippen LogP contribution in [0.2, 0.25) is 0 Å². The Morgan fingerprint density at radius 2 is 2.15 bits per heavy atom. The first-order valence-electron chi connectivity index (χ1n) is 7.22. The van der Waals surface area contributed by atoms with E-state index in [1.165, 1.54) is 20.0 Å². The summed E-state index contributed by atoms with van der Waals surface area (Å²) in [7, 11) is 1.39. The number of esters is 1. The minimum absolute atomic E-state index is 0.353. The third-order valence-corrected chi connectivity index (χ3v) is 3.87. The molecule has 0 aromatic heterocycles. The maximum Gasteiger partial charge on any atom is 0.340 e. The number of carbonyl (C=O) groups excluding carboxylic acids is 1. The molecule has 2 rings (SSSR count). The zero-order valence-corrected chi connectivity index (χ0v) is 12.6. The van der Waals surface area contributed by atoms with Crippen molar-refractivity contribution in [2.24, 2.45) is 5.92 Å². The molecule has 1 aromatic rings. The molecule has 4 nitrogen and oxygen atoms in total. The topological polar surface area (TPSA) is 55.6 Å². The van der Waals surface area contributed by atoms with E-state index in [9.17, 15) is 4.79 Å². The number of hydrogen-bond donors (Lipinski definition) is 1. The zero-order valence-electron chi connectivity index (χ0n) is 12.6. The summed E-state index contributed by atoms with van der Waals surface area (Å²) >= 11 is 0. The summed E-state index contributed by atoms with van der Waals surface area (Å²) < 4.78 is 4.86. The lowest BCUT2D eigenvalue weighted by atomic mass is 10.0. The number of nitrogens with zero attached hydrogens (tertiary/aromatic N) is 1. The highest BCUT2D eigenvalue weighted by Gasteiger charge is 2.26. The van der Waals surface area contributed by atoms with Crippen molar-refractivity contribution in [3.8, 4) is 0 Å². The number of rotatable bonds is 6. The van der Waals surface area contributed by atoms with Crippen molar-refractivity contribution in [2.45, 2.75) is 39.3 Å². The van der Waals surface area contributed by atoms with Crippen molar-refractivity contribution < 1.29 is 9.53 Å². The predicted octanol–water partition coefficient (Wildman–Crippen LogP) is 2.68. The molecule has 0 bridgehead atoms. The molecule has 0 radical (unpaired) electrons. The van der Waals surface area contributed by atoms with Gasteiger partial charge in [0.15, 0.2) is 0 Å². The Morgan fingerprint density at radius 3 is 2.70 bits per heavy atom. The third-order valence-electron chi connectivity index (χ3n) is 3.87. The van der Waals surface area contributed by atoms with E-state index < -0.39 is 0 Å². The highest BCUT2D eigenvalue weighted by Crippen LogP contribution is 2.31. The highest BCUT2D eigenvalue weighted by atomic mass is 16.5. The van der Waals surface area contributed by atoms with E-state index in [1.807, 2.05) is 12.1 Å². The van der Waals surface area contributed by atoms with E-state index in [1.54, 1.807) is 6.07 Å². The molecule has 0 saturated heterocycles. The summed E-state index contributed by atoms with van der Waals surface area (Å²) in [4.78, 5) is 14.3. The SMILES string of the molecule is COC(=O)c1c(N)cccc1CN(CC1CC1)C(C)C. The summed E-state index contributed by atoms with van der Waals surface area (Å²) in [5.41, 5.74) is 7.89. The maximum atomic E-state index is 11.9. The van der Waals surface area contributed by atoms with Crippen LogP contribution >= 0.6 is 0 Å². The van der Waals surface area contributed by atoms with Gasteiger partial charge < -0.3 is 10.5 Å². The van der Waals surface area contributed by atoms with Crippen molar-refractivity contribution in [3.05, 3.63) is 29.3 Å². The number of carbonyl (C=O) groups is 1. The fourth-order valence-electron chi connectivity index (χ4n) is 2.41. The summed E-state index contributed by atoms with van der Waals surface area (Å²) in [6.45, 7) is 6.20. The van der Waals surface area contributed by atoms with Crippen molar-refractivity contribution in [3.63, 3.8) is 0 Å². The average molecular weight is 276 g/mol. The molecule has 0 spiro atoms. The molecular weight excluding hydrogens is 252 g/mol. The van der Waals surface area contributed by atoms with Crippen LogP contribution < -0.4 is 5.73 Å². The van der Waals surface area contributed by atoms with E-state index in [4.69, 9.17) is 10.5 Å². The van der Waals surface area contributed by atoms with Crippen LogP contribution in [0.3, 0.4) is 0 Å². The van der Waals surface area contributed by atoms with E-state index in [0.29, 0.717) is 17.3 Å². The first-order chi connectivity index (χ1) is 9.52. The van der Waals surface area contributed by atoms with Crippen LogP contribution in [0.25, 0.3) is 0 Å². The van der Waals surface area contributed by atoms with Gasteiger partial charge in [0.2, 0.25) is 0 Å². The maximum absolute atomic E-state index is 11.9. The third kappa shape index (κ3) is 3.51. The lowest BCUT2D eigenvalue weighted by molar-refractivity contribution is 0.0599. The van der Waals surface area contributed by atoms with Gasteiger partial charge in [-0.2, -0.15) is 0 Å². The molecule has 2 N–H and O–H groups in total. The number of nitrogens with two attached hydrogens (primary N) is 1. The average Bonchev–Trinajstić information content (AvgIpc) is 3.21. The molecule has 20 heavy (non-hydrogen) atoms. The second-order valence-corrected chi connectivity index (χ2v) is 5.84. The van der Waals surface area contributed by atoms with Crippen molar-refractivity contribution in [1.29, 1.82) is 0 Å². The first kappa shape index (κ1) is 14.9. The van der Waals surface area contributed by atoms with Gasteiger partial charge in [0.05, 0.1) is 12.7 Å². The summed E-state index contributed by atoms with van der Waals surface area (Å²) in [5.74, 6) is 0.466. The molecular formula is C16H24N2O2. The quantitative estimate of drug-likeness (QED) is 0.641. The summed E-state index contributed by atoms with van der Waals surface area (Å²) in [6.07, 6.45) is 2.65. The van der Waals surface area contributed by atoms with Gasteiger partial charge in [0.25, 0.3) is 0 Å². The van der Waals surface area contributed by atoms with Gasteiger partial charge in [-0.05, 0) is 44.2 Å². The molecule has 0 amide bonds. The van der Waals surface area contributed by atoms with Crippen LogP contribution in [-0.2, 0) is 11.3 Å². The van der Waals surface area contributed by atoms with Crippen LogP contribution in [0.15, 0.2) is 18.2 Å². The molecule has 110 valence electrons. The second-order valence-electron chi connectivity index (χ2n) is 5.84. The van der Waals surface area contributed by atoms with Crippen LogP contribution in [0.5, 0.6) is 0 Å². The molecule has 0 atom stereocenters. The normalized spacial score (nSPS) is 14.8. The molecule has 1 aliphatic rings. The van der Waals surface area contributed by atoms with Crippen LogP contribution in [-0.4, -0.2) is 30.6 Å².